The van der Waals surface area contributed by atoms with Gasteiger partial charge in [0.05, 0.1) is 5.69 Å². The summed E-state index contributed by atoms with van der Waals surface area (Å²) in [5.74, 6) is 0. The number of fused-ring (bicyclic) bond motifs is 8. The third-order valence-electron chi connectivity index (χ3n) is 9.66. The summed E-state index contributed by atoms with van der Waals surface area (Å²) in [4.78, 5) is 2.39. The Kier molecular flexibility index (Phi) is 6.39. The van der Waals surface area contributed by atoms with Crippen molar-refractivity contribution in [1.29, 1.82) is 0 Å². The number of hydrogen-bond acceptors (Lipinski definition) is 3. The van der Waals surface area contributed by atoms with Gasteiger partial charge in [-0.1, -0.05) is 127 Å². The molecule has 0 fully saturated rings. The smallest absolute Gasteiger partial charge is 0.143 e. The van der Waals surface area contributed by atoms with Crippen LogP contribution in [0.2, 0.25) is 0 Å². The summed E-state index contributed by atoms with van der Waals surface area (Å²) in [6.07, 6.45) is 0. The van der Waals surface area contributed by atoms with E-state index in [2.05, 4.69) is 181 Å². The van der Waals surface area contributed by atoms with Gasteiger partial charge in [0.25, 0.3) is 0 Å². The maximum absolute atomic E-state index is 6.74. The average Bonchev–Trinajstić information content (AvgIpc) is 3.75. The van der Waals surface area contributed by atoms with Crippen LogP contribution >= 0.6 is 11.3 Å². The van der Waals surface area contributed by atoms with Gasteiger partial charge in [-0.25, -0.2) is 0 Å². The van der Waals surface area contributed by atoms with Gasteiger partial charge >= 0.3 is 0 Å². The van der Waals surface area contributed by atoms with Gasteiger partial charge in [0.15, 0.2) is 0 Å². The minimum Gasteiger partial charge on any atom is -0.455 e. The van der Waals surface area contributed by atoms with E-state index in [1.165, 1.54) is 42.4 Å². The van der Waals surface area contributed by atoms with E-state index in [0.717, 1.165) is 49.8 Å². The van der Waals surface area contributed by atoms with Crippen LogP contribution in [0.15, 0.2) is 180 Å². The summed E-state index contributed by atoms with van der Waals surface area (Å²) in [7, 11) is 0. The highest BCUT2D eigenvalue weighted by molar-refractivity contribution is 7.26. The SMILES string of the molecule is c1ccc(-c2cccc3c2oc2c4ccccc4c(-c4ccc(N(c5ccccc5)c5cccc6sc7ccccc7c56)cc4)cc32)cc1. The first-order chi connectivity index (χ1) is 24.3. The Morgan fingerprint density at radius 2 is 0.980 bits per heavy atom. The minimum absolute atomic E-state index is 0.926. The molecule has 2 aromatic heterocycles. The Bertz CT molecular complexity index is 2810. The van der Waals surface area contributed by atoms with Crippen LogP contribution in [0.3, 0.4) is 0 Å². The van der Waals surface area contributed by atoms with Gasteiger partial charge in [0.2, 0.25) is 0 Å². The molecule has 0 unspecified atom stereocenters. The number of benzene rings is 8. The predicted octanol–water partition coefficient (Wildman–Crippen LogP) is 13.9. The fourth-order valence-corrected chi connectivity index (χ4v) is 8.57. The van der Waals surface area contributed by atoms with Crippen LogP contribution in [-0.2, 0) is 0 Å². The van der Waals surface area contributed by atoms with E-state index in [0.29, 0.717) is 0 Å². The standard InChI is InChI=1S/C46H29NOS/c1-3-13-30(14-4-1)34-20-11-21-37-40-29-39(35-17-7-8-18-36(35)46(40)48-45(34)37)31-25-27-33(28-26-31)47(32-15-5-2-6-16-32)41-22-12-24-43-44(41)38-19-9-10-23-42(38)49-43/h1-29H. The Morgan fingerprint density at radius 1 is 0.388 bits per heavy atom. The van der Waals surface area contributed by atoms with Crippen molar-refractivity contribution in [3.8, 4) is 22.3 Å². The number of furan rings is 1. The molecule has 2 heterocycles. The fourth-order valence-electron chi connectivity index (χ4n) is 7.44. The number of rotatable bonds is 5. The lowest BCUT2D eigenvalue weighted by Gasteiger charge is -2.26. The third kappa shape index (κ3) is 4.47. The second-order valence-corrected chi connectivity index (χ2v) is 13.5. The quantitative estimate of drug-likeness (QED) is 0.186. The van der Waals surface area contributed by atoms with Gasteiger partial charge in [0, 0.05) is 53.3 Å². The molecule has 0 bridgehead atoms. The van der Waals surface area contributed by atoms with Crippen LogP contribution in [-0.4, -0.2) is 0 Å². The van der Waals surface area contributed by atoms with Gasteiger partial charge in [-0.3, -0.25) is 0 Å². The van der Waals surface area contributed by atoms with E-state index >= 15 is 0 Å². The van der Waals surface area contributed by atoms with Crippen molar-refractivity contribution in [3.63, 3.8) is 0 Å². The molecule has 0 aliphatic carbocycles. The molecule has 0 saturated carbocycles. The lowest BCUT2D eigenvalue weighted by molar-refractivity contribution is 0.674. The molecule has 10 aromatic rings. The number of anilines is 3. The molecule has 230 valence electrons. The maximum atomic E-state index is 6.74. The van der Waals surface area contributed by atoms with E-state index in [9.17, 15) is 0 Å². The highest BCUT2D eigenvalue weighted by Gasteiger charge is 2.20. The van der Waals surface area contributed by atoms with Crippen LogP contribution in [0.5, 0.6) is 0 Å². The van der Waals surface area contributed by atoms with Crippen molar-refractivity contribution < 1.29 is 4.42 Å². The van der Waals surface area contributed by atoms with E-state index in [1.807, 2.05) is 11.3 Å². The Morgan fingerprint density at radius 3 is 1.80 bits per heavy atom. The first kappa shape index (κ1) is 27.9. The molecule has 0 atom stereocenters. The molecule has 0 saturated heterocycles. The van der Waals surface area contributed by atoms with E-state index in [4.69, 9.17) is 4.42 Å². The third-order valence-corrected chi connectivity index (χ3v) is 10.8. The number of thiophene rings is 1. The van der Waals surface area contributed by atoms with Crippen LogP contribution in [0, 0.1) is 0 Å². The zero-order chi connectivity index (χ0) is 32.3. The molecule has 0 radical (unpaired) electrons. The molecule has 8 aromatic carbocycles. The lowest BCUT2D eigenvalue weighted by atomic mass is 9.94. The monoisotopic (exact) mass is 643 g/mol. The van der Waals surface area contributed by atoms with Crippen molar-refractivity contribution >= 4 is 81.3 Å². The van der Waals surface area contributed by atoms with Gasteiger partial charge in [-0.05, 0) is 70.6 Å². The van der Waals surface area contributed by atoms with Gasteiger partial charge in [-0.15, -0.1) is 11.3 Å². The van der Waals surface area contributed by atoms with Gasteiger partial charge in [-0.2, -0.15) is 0 Å². The molecule has 49 heavy (non-hydrogen) atoms. The van der Waals surface area contributed by atoms with Gasteiger partial charge in [0.1, 0.15) is 11.2 Å². The minimum atomic E-state index is 0.926. The second-order valence-electron chi connectivity index (χ2n) is 12.5. The van der Waals surface area contributed by atoms with Crippen molar-refractivity contribution in [2.75, 3.05) is 4.90 Å². The summed E-state index contributed by atoms with van der Waals surface area (Å²) in [5, 5.41) is 7.14. The second kappa shape index (κ2) is 11.2. The summed E-state index contributed by atoms with van der Waals surface area (Å²) in [6, 6.07) is 63.0. The van der Waals surface area contributed by atoms with Gasteiger partial charge < -0.3 is 9.32 Å². The van der Waals surface area contributed by atoms with E-state index in [1.54, 1.807) is 0 Å². The molecular formula is C46H29NOS. The first-order valence-electron chi connectivity index (χ1n) is 16.6. The summed E-state index contributed by atoms with van der Waals surface area (Å²) in [5.41, 5.74) is 9.91. The largest absolute Gasteiger partial charge is 0.455 e. The van der Waals surface area contributed by atoms with Crippen LogP contribution in [0.1, 0.15) is 0 Å². The zero-order valence-electron chi connectivity index (χ0n) is 26.5. The van der Waals surface area contributed by atoms with Crippen LogP contribution in [0.4, 0.5) is 17.1 Å². The summed E-state index contributed by atoms with van der Waals surface area (Å²) >= 11 is 1.85. The van der Waals surface area contributed by atoms with Crippen molar-refractivity contribution in [2.45, 2.75) is 0 Å². The topological polar surface area (TPSA) is 16.4 Å². The molecule has 10 rings (SSSR count). The molecule has 2 nitrogen and oxygen atoms in total. The van der Waals surface area contributed by atoms with Crippen LogP contribution in [0.25, 0.3) is 75.1 Å². The van der Waals surface area contributed by atoms with Crippen molar-refractivity contribution in [1.82, 2.24) is 0 Å². The Balaban J connectivity index is 1.15. The molecule has 0 aliphatic heterocycles. The highest BCUT2D eigenvalue weighted by Crippen LogP contribution is 2.46. The average molecular weight is 644 g/mol. The molecule has 0 amide bonds. The molecule has 0 spiro atoms. The lowest BCUT2D eigenvalue weighted by Crippen LogP contribution is -2.10. The van der Waals surface area contributed by atoms with Crippen LogP contribution < -0.4 is 4.90 Å². The predicted molar refractivity (Wildman–Crippen MR) is 210 cm³/mol. The molecule has 0 aliphatic rings. The number of para-hydroxylation sites is 2. The molecule has 0 N–H and O–H groups in total. The van der Waals surface area contributed by atoms with Crippen molar-refractivity contribution in [3.05, 3.63) is 176 Å². The Hall–Kier alpha value is -6.16. The highest BCUT2D eigenvalue weighted by atomic mass is 32.1. The molecular weight excluding hydrogens is 615 g/mol. The molecule has 3 heteroatoms. The maximum Gasteiger partial charge on any atom is 0.143 e. The van der Waals surface area contributed by atoms with Crippen molar-refractivity contribution in [2.24, 2.45) is 0 Å². The first-order valence-corrected chi connectivity index (χ1v) is 17.4. The normalized spacial score (nSPS) is 11.7. The summed E-state index contributed by atoms with van der Waals surface area (Å²) in [6.45, 7) is 0. The van der Waals surface area contributed by atoms with E-state index < -0.39 is 0 Å². The number of nitrogens with zero attached hydrogens (tertiary/aromatic N) is 1. The summed E-state index contributed by atoms with van der Waals surface area (Å²) < 4.78 is 9.34. The van der Waals surface area contributed by atoms with E-state index in [-0.39, 0.29) is 0 Å². The fraction of sp³-hybridized carbons (Fsp3) is 0. The Labute approximate surface area is 287 Å². The number of hydrogen-bond donors (Lipinski definition) is 0. The zero-order valence-corrected chi connectivity index (χ0v) is 27.3.